The predicted molar refractivity (Wildman–Crippen MR) is 77.7 cm³/mol. The second-order valence-electron chi connectivity index (χ2n) is 4.05. The molecule has 0 aliphatic heterocycles. The van der Waals surface area contributed by atoms with E-state index in [1.807, 2.05) is 0 Å². The molecule has 0 saturated heterocycles. The van der Waals surface area contributed by atoms with Crippen LogP contribution >= 0.6 is 15.9 Å². The number of hydrogen-bond donors (Lipinski definition) is 1. The van der Waals surface area contributed by atoms with E-state index in [9.17, 15) is 9.18 Å². The highest BCUT2D eigenvalue weighted by Gasteiger charge is 2.18. The fourth-order valence-corrected chi connectivity index (χ4v) is 2.08. The van der Waals surface area contributed by atoms with Gasteiger partial charge in [-0.25, -0.2) is 4.39 Å². The lowest BCUT2D eigenvalue weighted by Gasteiger charge is -2.19. The third kappa shape index (κ3) is 2.76. The minimum Gasteiger partial charge on any atom is -0.397 e. The zero-order valence-electron chi connectivity index (χ0n) is 10.2. The van der Waals surface area contributed by atoms with Crippen LogP contribution in [-0.4, -0.2) is 13.0 Å². The van der Waals surface area contributed by atoms with Gasteiger partial charge in [-0.2, -0.15) is 0 Å². The van der Waals surface area contributed by atoms with Gasteiger partial charge in [0.25, 0.3) is 5.91 Å². The number of halogens is 2. The standard InChI is InChI=1S/C14H12BrFN2O/c1-18(13-5-3-2-4-12(13)17)14(19)10-7-6-9(15)8-11(10)16/h2-8H,17H2,1H3. The predicted octanol–water partition coefficient (Wildman–Crippen LogP) is 3.45. The number of nitrogen functional groups attached to an aromatic ring is 1. The molecular weight excluding hydrogens is 311 g/mol. The van der Waals surface area contributed by atoms with Gasteiger partial charge in [0.15, 0.2) is 0 Å². The van der Waals surface area contributed by atoms with Crippen LogP contribution in [0, 0.1) is 5.82 Å². The number of amides is 1. The molecule has 0 bridgehead atoms. The topological polar surface area (TPSA) is 46.3 Å². The molecule has 0 heterocycles. The van der Waals surface area contributed by atoms with Crippen molar-refractivity contribution in [2.75, 3.05) is 17.7 Å². The Morgan fingerprint density at radius 3 is 2.58 bits per heavy atom. The van der Waals surface area contributed by atoms with E-state index in [-0.39, 0.29) is 5.56 Å². The Morgan fingerprint density at radius 2 is 1.95 bits per heavy atom. The largest absolute Gasteiger partial charge is 0.397 e. The van der Waals surface area contributed by atoms with Crippen molar-refractivity contribution < 1.29 is 9.18 Å². The first-order valence-electron chi connectivity index (χ1n) is 5.58. The molecule has 2 N–H and O–H groups in total. The van der Waals surface area contributed by atoms with Crippen LogP contribution in [-0.2, 0) is 0 Å². The lowest BCUT2D eigenvalue weighted by Crippen LogP contribution is -2.27. The average molecular weight is 323 g/mol. The van der Waals surface area contributed by atoms with Crippen molar-refractivity contribution in [3.8, 4) is 0 Å². The molecule has 0 saturated carbocycles. The molecule has 2 aromatic rings. The Morgan fingerprint density at radius 1 is 1.26 bits per heavy atom. The van der Waals surface area contributed by atoms with Crippen molar-refractivity contribution in [2.45, 2.75) is 0 Å². The molecule has 0 radical (unpaired) electrons. The Labute approximate surface area is 119 Å². The first-order chi connectivity index (χ1) is 9.00. The summed E-state index contributed by atoms with van der Waals surface area (Å²) in [6, 6.07) is 11.3. The molecule has 0 fully saturated rings. The summed E-state index contributed by atoms with van der Waals surface area (Å²) >= 11 is 3.15. The fraction of sp³-hybridized carbons (Fsp3) is 0.0714. The van der Waals surface area contributed by atoms with E-state index in [1.165, 1.54) is 17.0 Å². The molecule has 0 atom stereocenters. The molecule has 0 aliphatic carbocycles. The normalized spacial score (nSPS) is 10.3. The van der Waals surface area contributed by atoms with Crippen molar-refractivity contribution in [3.05, 3.63) is 58.3 Å². The fourth-order valence-electron chi connectivity index (χ4n) is 1.75. The van der Waals surface area contributed by atoms with Crippen LogP contribution in [0.4, 0.5) is 15.8 Å². The Balaban J connectivity index is 2.37. The molecular formula is C14H12BrFN2O. The quantitative estimate of drug-likeness (QED) is 0.861. The van der Waals surface area contributed by atoms with E-state index in [2.05, 4.69) is 15.9 Å². The molecule has 2 rings (SSSR count). The maximum Gasteiger partial charge on any atom is 0.261 e. The molecule has 19 heavy (non-hydrogen) atoms. The van der Waals surface area contributed by atoms with Gasteiger partial charge in [-0.3, -0.25) is 4.79 Å². The van der Waals surface area contributed by atoms with Gasteiger partial charge in [-0.15, -0.1) is 0 Å². The van der Waals surface area contributed by atoms with Crippen LogP contribution in [0.15, 0.2) is 46.9 Å². The molecule has 5 heteroatoms. The highest BCUT2D eigenvalue weighted by Crippen LogP contribution is 2.24. The van der Waals surface area contributed by atoms with Gasteiger partial charge in [0.2, 0.25) is 0 Å². The van der Waals surface area contributed by atoms with Crippen LogP contribution < -0.4 is 10.6 Å². The SMILES string of the molecule is CN(C(=O)c1ccc(Br)cc1F)c1ccccc1N. The van der Waals surface area contributed by atoms with Gasteiger partial charge >= 0.3 is 0 Å². The number of nitrogens with zero attached hydrogens (tertiary/aromatic N) is 1. The second-order valence-corrected chi connectivity index (χ2v) is 4.96. The third-order valence-corrected chi connectivity index (χ3v) is 3.26. The number of para-hydroxylation sites is 2. The summed E-state index contributed by atoms with van der Waals surface area (Å²) in [5, 5.41) is 0. The molecule has 0 aliphatic rings. The van der Waals surface area contributed by atoms with E-state index >= 15 is 0 Å². The van der Waals surface area contributed by atoms with Gasteiger partial charge in [-0.05, 0) is 30.3 Å². The Hall–Kier alpha value is -1.88. The van der Waals surface area contributed by atoms with Gasteiger partial charge in [0, 0.05) is 11.5 Å². The maximum absolute atomic E-state index is 13.8. The lowest BCUT2D eigenvalue weighted by molar-refractivity contribution is 0.0989. The van der Waals surface area contributed by atoms with Crippen molar-refractivity contribution in [1.82, 2.24) is 0 Å². The first-order valence-corrected chi connectivity index (χ1v) is 6.37. The highest BCUT2D eigenvalue weighted by molar-refractivity contribution is 9.10. The summed E-state index contributed by atoms with van der Waals surface area (Å²) in [6.07, 6.45) is 0. The summed E-state index contributed by atoms with van der Waals surface area (Å²) < 4.78 is 14.4. The third-order valence-electron chi connectivity index (χ3n) is 2.76. The zero-order valence-corrected chi connectivity index (χ0v) is 11.8. The van der Waals surface area contributed by atoms with Crippen LogP contribution in [0.5, 0.6) is 0 Å². The van der Waals surface area contributed by atoms with Crippen LogP contribution in [0.1, 0.15) is 10.4 Å². The van der Waals surface area contributed by atoms with E-state index in [1.54, 1.807) is 37.4 Å². The summed E-state index contributed by atoms with van der Waals surface area (Å²) in [5.41, 5.74) is 6.83. The van der Waals surface area contributed by atoms with Crippen molar-refractivity contribution in [1.29, 1.82) is 0 Å². The summed E-state index contributed by atoms with van der Waals surface area (Å²) in [6.45, 7) is 0. The van der Waals surface area contributed by atoms with E-state index in [0.29, 0.717) is 15.8 Å². The van der Waals surface area contributed by atoms with Gasteiger partial charge in [-0.1, -0.05) is 28.1 Å². The zero-order chi connectivity index (χ0) is 14.0. The van der Waals surface area contributed by atoms with E-state index < -0.39 is 11.7 Å². The molecule has 0 unspecified atom stereocenters. The number of nitrogens with two attached hydrogens (primary N) is 1. The monoisotopic (exact) mass is 322 g/mol. The lowest BCUT2D eigenvalue weighted by atomic mass is 10.1. The summed E-state index contributed by atoms with van der Waals surface area (Å²) in [5.74, 6) is -1.01. The number of rotatable bonds is 2. The van der Waals surface area contributed by atoms with Crippen LogP contribution in [0.2, 0.25) is 0 Å². The minimum atomic E-state index is -0.569. The molecule has 0 spiro atoms. The minimum absolute atomic E-state index is 0.00829. The maximum atomic E-state index is 13.8. The van der Waals surface area contributed by atoms with Crippen molar-refractivity contribution >= 4 is 33.2 Å². The van der Waals surface area contributed by atoms with Crippen molar-refractivity contribution in [2.24, 2.45) is 0 Å². The molecule has 3 nitrogen and oxygen atoms in total. The van der Waals surface area contributed by atoms with E-state index in [0.717, 1.165) is 0 Å². The summed E-state index contributed by atoms with van der Waals surface area (Å²) in [4.78, 5) is 13.6. The number of benzene rings is 2. The number of carbonyl (C=O) groups is 1. The molecule has 2 aromatic carbocycles. The first kappa shape index (κ1) is 13.5. The van der Waals surface area contributed by atoms with Gasteiger partial charge in [0.05, 0.1) is 16.9 Å². The Kier molecular flexibility index (Phi) is 3.85. The number of hydrogen-bond acceptors (Lipinski definition) is 2. The highest BCUT2D eigenvalue weighted by atomic mass is 79.9. The number of carbonyl (C=O) groups excluding carboxylic acids is 1. The smallest absolute Gasteiger partial charge is 0.261 e. The van der Waals surface area contributed by atoms with Crippen LogP contribution in [0.25, 0.3) is 0 Å². The second kappa shape index (κ2) is 5.40. The van der Waals surface area contributed by atoms with Crippen molar-refractivity contribution in [3.63, 3.8) is 0 Å². The molecule has 1 amide bonds. The van der Waals surface area contributed by atoms with Gasteiger partial charge in [0.1, 0.15) is 5.82 Å². The summed E-state index contributed by atoms with van der Waals surface area (Å²) in [7, 11) is 1.56. The average Bonchev–Trinajstić information content (AvgIpc) is 2.38. The number of anilines is 2. The van der Waals surface area contributed by atoms with E-state index in [4.69, 9.17) is 5.73 Å². The van der Waals surface area contributed by atoms with Crippen LogP contribution in [0.3, 0.4) is 0 Å². The Bertz CT molecular complexity index is 631. The van der Waals surface area contributed by atoms with Gasteiger partial charge < -0.3 is 10.6 Å². The molecule has 98 valence electrons. The molecule has 0 aromatic heterocycles.